The molecule has 98 valence electrons. The van der Waals surface area contributed by atoms with Gasteiger partial charge in [-0.1, -0.05) is 12.1 Å². The third kappa shape index (κ3) is 3.25. The van der Waals surface area contributed by atoms with Crippen LogP contribution in [0.25, 0.3) is 0 Å². The normalized spacial score (nSPS) is 14.9. The highest BCUT2D eigenvalue weighted by Crippen LogP contribution is 2.30. The number of benzene rings is 1. The van der Waals surface area contributed by atoms with E-state index in [1.165, 1.54) is 17.8 Å². The molecule has 1 aliphatic carbocycles. The minimum Gasteiger partial charge on any atom is -0.337 e. The largest absolute Gasteiger partial charge is 0.337 e. The Morgan fingerprint density at radius 2 is 2.11 bits per heavy atom. The van der Waals surface area contributed by atoms with Crippen molar-refractivity contribution in [1.82, 2.24) is 4.90 Å². The highest BCUT2D eigenvalue weighted by Gasteiger charge is 2.33. The first kappa shape index (κ1) is 13.4. The van der Waals surface area contributed by atoms with Gasteiger partial charge in [0, 0.05) is 17.0 Å². The minimum absolute atomic E-state index is 0.112. The first-order valence-corrected chi connectivity index (χ1v) is 7.26. The summed E-state index contributed by atoms with van der Waals surface area (Å²) in [6.45, 7) is 4.06. The monoisotopic (exact) mass is 267 g/mol. The number of rotatable bonds is 5. The summed E-state index contributed by atoms with van der Waals surface area (Å²) in [6.07, 6.45) is 2.21. The second-order valence-electron chi connectivity index (χ2n) is 4.85. The van der Waals surface area contributed by atoms with E-state index in [9.17, 15) is 9.18 Å². The zero-order chi connectivity index (χ0) is 13.1. The fraction of sp³-hybridized carbons (Fsp3) is 0.500. The molecule has 1 saturated carbocycles. The number of thioether (sulfide) groups is 1. The lowest BCUT2D eigenvalue weighted by atomic mass is 10.3. The fourth-order valence-electron chi connectivity index (χ4n) is 2.04. The van der Waals surface area contributed by atoms with E-state index in [4.69, 9.17) is 0 Å². The lowest BCUT2D eigenvalue weighted by Gasteiger charge is -2.26. The Kier molecular flexibility index (Phi) is 4.27. The highest BCUT2D eigenvalue weighted by atomic mass is 32.2. The molecule has 1 aromatic carbocycles. The predicted molar refractivity (Wildman–Crippen MR) is 72.1 cm³/mol. The summed E-state index contributed by atoms with van der Waals surface area (Å²) in [6, 6.07) is 7.23. The smallest absolute Gasteiger partial charge is 0.233 e. The quantitative estimate of drug-likeness (QED) is 0.763. The number of halogens is 1. The van der Waals surface area contributed by atoms with Crippen molar-refractivity contribution in [3.63, 3.8) is 0 Å². The van der Waals surface area contributed by atoms with Crippen molar-refractivity contribution in [2.24, 2.45) is 0 Å². The summed E-state index contributed by atoms with van der Waals surface area (Å²) >= 11 is 1.28. The van der Waals surface area contributed by atoms with Gasteiger partial charge in [0.15, 0.2) is 0 Å². The van der Waals surface area contributed by atoms with Crippen LogP contribution in [0.1, 0.15) is 26.7 Å². The zero-order valence-electron chi connectivity index (χ0n) is 10.7. The zero-order valence-corrected chi connectivity index (χ0v) is 11.5. The second kappa shape index (κ2) is 5.74. The molecule has 0 aromatic heterocycles. The number of nitrogens with zero attached hydrogens (tertiary/aromatic N) is 1. The molecule has 0 N–H and O–H groups in total. The molecule has 0 saturated heterocycles. The molecule has 0 unspecified atom stereocenters. The Morgan fingerprint density at radius 3 is 2.67 bits per heavy atom. The SMILES string of the molecule is CC(C)N(C(=O)CSc1ccccc1F)C1CC1. The van der Waals surface area contributed by atoms with E-state index in [0.717, 1.165) is 12.8 Å². The molecule has 4 heteroatoms. The lowest BCUT2D eigenvalue weighted by Crippen LogP contribution is -2.39. The van der Waals surface area contributed by atoms with Crippen molar-refractivity contribution in [1.29, 1.82) is 0 Å². The number of carbonyl (C=O) groups excluding carboxylic acids is 1. The molecule has 1 amide bonds. The van der Waals surface area contributed by atoms with Gasteiger partial charge < -0.3 is 4.90 Å². The Labute approximate surface area is 112 Å². The molecule has 0 heterocycles. The summed E-state index contributed by atoms with van der Waals surface area (Å²) in [7, 11) is 0. The van der Waals surface area contributed by atoms with Crippen LogP contribution >= 0.6 is 11.8 Å². The molecule has 0 bridgehead atoms. The summed E-state index contributed by atoms with van der Waals surface area (Å²) in [5.74, 6) is 0.175. The Balaban J connectivity index is 1.93. The first-order valence-electron chi connectivity index (χ1n) is 6.28. The Morgan fingerprint density at radius 1 is 1.44 bits per heavy atom. The van der Waals surface area contributed by atoms with Crippen LogP contribution in [0, 0.1) is 5.82 Å². The van der Waals surface area contributed by atoms with E-state index in [2.05, 4.69) is 0 Å². The van der Waals surface area contributed by atoms with Gasteiger partial charge in [-0.3, -0.25) is 4.79 Å². The van der Waals surface area contributed by atoms with Gasteiger partial charge in [-0.25, -0.2) is 4.39 Å². The second-order valence-corrected chi connectivity index (χ2v) is 5.86. The van der Waals surface area contributed by atoms with Crippen LogP contribution in [0.4, 0.5) is 4.39 Å². The molecule has 0 atom stereocenters. The van der Waals surface area contributed by atoms with Crippen LogP contribution in [0.5, 0.6) is 0 Å². The van der Waals surface area contributed by atoms with Crippen molar-refractivity contribution < 1.29 is 9.18 Å². The Bertz CT molecular complexity index is 430. The third-order valence-electron chi connectivity index (χ3n) is 2.97. The molecule has 2 nitrogen and oxygen atoms in total. The van der Waals surface area contributed by atoms with Crippen molar-refractivity contribution in [3.8, 4) is 0 Å². The van der Waals surface area contributed by atoms with Crippen molar-refractivity contribution >= 4 is 17.7 Å². The average Bonchev–Trinajstić information content (AvgIpc) is 3.12. The molecular formula is C14H18FNOS. The summed E-state index contributed by atoms with van der Waals surface area (Å²) in [5.41, 5.74) is 0. The molecule has 1 aromatic rings. The first-order chi connectivity index (χ1) is 8.59. The van der Waals surface area contributed by atoms with Gasteiger partial charge in [0.2, 0.25) is 5.91 Å². The maximum Gasteiger partial charge on any atom is 0.233 e. The van der Waals surface area contributed by atoms with E-state index in [1.54, 1.807) is 18.2 Å². The minimum atomic E-state index is -0.252. The van der Waals surface area contributed by atoms with E-state index in [1.807, 2.05) is 18.7 Å². The molecule has 18 heavy (non-hydrogen) atoms. The van der Waals surface area contributed by atoms with Gasteiger partial charge >= 0.3 is 0 Å². The van der Waals surface area contributed by atoms with Gasteiger partial charge in [-0.2, -0.15) is 0 Å². The van der Waals surface area contributed by atoms with Crippen LogP contribution in [0.2, 0.25) is 0 Å². The van der Waals surface area contributed by atoms with Gasteiger partial charge in [0.25, 0.3) is 0 Å². The summed E-state index contributed by atoms with van der Waals surface area (Å²) < 4.78 is 13.4. The van der Waals surface area contributed by atoms with E-state index in [-0.39, 0.29) is 17.8 Å². The van der Waals surface area contributed by atoms with Crippen LogP contribution in [-0.2, 0) is 4.79 Å². The predicted octanol–water partition coefficient (Wildman–Crippen LogP) is 3.32. The number of hydrogen-bond donors (Lipinski definition) is 0. The number of amides is 1. The standard InChI is InChI=1S/C14H18FNOS/c1-10(2)16(11-7-8-11)14(17)9-18-13-6-4-3-5-12(13)15/h3-6,10-11H,7-9H2,1-2H3. The van der Waals surface area contributed by atoms with Gasteiger partial charge in [0.05, 0.1) is 5.75 Å². The number of hydrogen-bond acceptors (Lipinski definition) is 2. The molecular weight excluding hydrogens is 249 g/mol. The van der Waals surface area contributed by atoms with Gasteiger partial charge in [-0.15, -0.1) is 11.8 Å². The molecule has 0 spiro atoms. The molecule has 0 radical (unpaired) electrons. The van der Waals surface area contributed by atoms with Gasteiger partial charge in [0.1, 0.15) is 5.82 Å². The van der Waals surface area contributed by atoms with E-state index >= 15 is 0 Å². The van der Waals surface area contributed by atoms with Crippen LogP contribution in [0.15, 0.2) is 29.2 Å². The average molecular weight is 267 g/mol. The summed E-state index contributed by atoms with van der Waals surface area (Å²) in [5, 5.41) is 0. The van der Waals surface area contributed by atoms with Crippen LogP contribution in [-0.4, -0.2) is 28.6 Å². The maximum absolute atomic E-state index is 13.4. The third-order valence-corrected chi connectivity index (χ3v) is 4.01. The van der Waals surface area contributed by atoms with Crippen molar-refractivity contribution in [3.05, 3.63) is 30.1 Å². The molecule has 0 aliphatic heterocycles. The molecule has 1 aliphatic rings. The molecule has 1 fully saturated rings. The van der Waals surface area contributed by atoms with Crippen molar-refractivity contribution in [2.75, 3.05) is 5.75 Å². The van der Waals surface area contributed by atoms with Crippen LogP contribution < -0.4 is 0 Å². The lowest BCUT2D eigenvalue weighted by molar-refractivity contribution is -0.130. The maximum atomic E-state index is 13.4. The number of carbonyl (C=O) groups is 1. The van der Waals surface area contributed by atoms with E-state index in [0.29, 0.717) is 16.7 Å². The molecule has 2 rings (SSSR count). The van der Waals surface area contributed by atoms with Crippen LogP contribution in [0.3, 0.4) is 0 Å². The summed E-state index contributed by atoms with van der Waals surface area (Å²) in [4.78, 5) is 14.6. The Hall–Kier alpha value is -1.03. The van der Waals surface area contributed by atoms with Crippen molar-refractivity contribution in [2.45, 2.75) is 43.7 Å². The fourth-order valence-corrected chi connectivity index (χ4v) is 2.85. The van der Waals surface area contributed by atoms with E-state index < -0.39 is 0 Å². The van der Waals surface area contributed by atoms with Gasteiger partial charge in [-0.05, 0) is 38.8 Å². The highest BCUT2D eigenvalue weighted by molar-refractivity contribution is 8.00. The topological polar surface area (TPSA) is 20.3 Å².